The van der Waals surface area contributed by atoms with E-state index in [9.17, 15) is 4.79 Å². The first-order valence-corrected chi connectivity index (χ1v) is 7.76. The first-order chi connectivity index (χ1) is 8.67. The van der Waals surface area contributed by atoms with Crippen molar-refractivity contribution in [1.82, 2.24) is 4.90 Å². The number of amides is 1. The van der Waals surface area contributed by atoms with E-state index in [0.717, 1.165) is 50.6 Å². The second-order valence-corrected chi connectivity index (χ2v) is 6.81. The first-order valence-electron chi connectivity index (χ1n) is 7.76. The van der Waals surface area contributed by atoms with Gasteiger partial charge in [-0.2, -0.15) is 0 Å². The Labute approximate surface area is 122 Å². The molecule has 0 aliphatic heterocycles. The maximum absolute atomic E-state index is 12.7. The molecule has 0 aromatic heterocycles. The van der Waals surface area contributed by atoms with Crippen LogP contribution >= 0.6 is 12.4 Å². The number of carbonyl (C=O) groups is 1. The molecule has 0 aromatic rings. The molecule has 3 aliphatic rings. The fraction of sp³-hybridized carbons (Fsp3) is 0.933. The quantitative estimate of drug-likeness (QED) is 0.845. The zero-order chi connectivity index (χ0) is 12.6. The summed E-state index contributed by atoms with van der Waals surface area (Å²) >= 11 is 0. The Balaban J connectivity index is 0.00000133. The largest absolute Gasteiger partial charge is 0.341 e. The van der Waals surface area contributed by atoms with E-state index in [0.29, 0.717) is 0 Å². The predicted molar refractivity (Wildman–Crippen MR) is 79.3 cm³/mol. The minimum atomic E-state index is -0.526. The topological polar surface area (TPSA) is 46.3 Å². The molecule has 0 unspecified atom stereocenters. The van der Waals surface area contributed by atoms with Crippen molar-refractivity contribution >= 4 is 18.3 Å². The van der Waals surface area contributed by atoms with Crippen molar-refractivity contribution < 1.29 is 4.79 Å². The summed E-state index contributed by atoms with van der Waals surface area (Å²) in [6.07, 6.45) is 10.6. The Morgan fingerprint density at radius 2 is 1.47 bits per heavy atom. The molecule has 1 amide bonds. The van der Waals surface area contributed by atoms with Gasteiger partial charge in [-0.15, -0.1) is 12.4 Å². The number of hydrogen-bond donors (Lipinski definition) is 1. The maximum Gasteiger partial charge on any atom is 0.242 e. The minimum Gasteiger partial charge on any atom is -0.341 e. The second-order valence-electron chi connectivity index (χ2n) is 6.81. The highest BCUT2D eigenvalue weighted by Gasteiger charge is 2.41. The standard InChI is InChI=1S/C15H26N2O.ClH/c16-15(8-2-1-3-9-15)14(18)17(10-12-4-5-12)11-13-6-7-13;/h12-13H,1-11,16H2;1H. The maximum atomic E-state index is 12.7. The molecule has 3 rings (SSSR count). The van der Waals surface area contributed by atoms with Gasteiger partial charge in [-0.3, -0.25) is 4.79 Å². The van der Waals surface area contributed by atoms with Crippen LogP contribution < -0.4 is 5.73 Å². The number of nitrogens with zero attached hydrogens (tertiary/aromatic N) is 1. The zero-order valence-electron chi connectivity index (χ0n) is 11.8. The molecule has 0 bridgehead atoms. The lowest BCUT2D eigenvalue weighted by Gasteiger charge is -2.37. The van der Waals surface area contributed by atoms with Gasteiger partial charge in [0, 0.05) is 13.1 Å². The second kappa shape index (κ2) is 6.01. The summed E-state index contributed by atoms with van der Waals surface area (Å²) in [5, 5.41) is 0. The van der Waals surface area contributed by atoms with Crippen LogP contribution in [0.2, 0.25) is 0 Å². The van der Waals surface area contributed by atoms with E-state index in [1.165, 1.54) is 32.1 Å². The van der Waals surface area contributed by atoms with Crippen LogP contribution in [-0.4, -0.2) is 29.4 Å². The minimum absolute atomic E-state index is 0. The van der Waals surface area contributed by atoms with Crippen LogP contribution in [0.15, 0.2) is 0 Å². The summed E-state index contributed by atoms with van der Waals surface area (Å²) < 4.78 is 0. The average Bonchev–Trinajstić information content (AvgIpc) is 3.23. The molecule has 3 saturated carbocycles. The van der Waals surface area contributed by atoms with Crippen molar-refractivity contribution in [2.24, 2.45) is 17.6 Å². The summed E-state index contributed by atoms with van der Waals surface area (Å²) in [5.41, 5.74) is 5.88. The van der Waals surface area contributed by atoms with Gasteiger partial charge in [0.15, 0.2) is 0 Å². The Hall–Kier alpha value is -0.280. The van der Waals surface area contributed by atoms with Gasteiger partial charge < -0.3 is 10.6 Å². The van der Waals surface area contributed by atoms with Crippen molar-refractivity contribution in [3.8, 4) is 0 Å². The van der Waals surface area contributed by atoms with Gasteiger partial charge in [0.05, 0.1) is 5.54 Å². The van der Waals surface area contributed by atoms with E-state index in [1.54, 1.807) is 0 Å². The molecule has 4 heteroatoms. The molecule has 110 valence electrons. The average molecular weight is 287 g/mol. The Morgan fingerprint density at radius 1 is 1.00 bits per heavy atom. The predicted octanol–water partition coefficient (Wildman–Crippen LogP) is 2.72. The van der Waals surface area contributed by atoms with Gasteiger partial charge in [-0.05, 0) is 50.4 Å². The molecule has 0 heterocycles. The molecule has 0 aromatic carbocycles. The van der Waals surface area contributed by atoms with Gasteiger partial charge in [-0.25, -0.2) is 0 Å². The summed E-state index contributed by atoms with van der Waals surface area (Å²) in [7, 11) is 0. The van der Waals surface area contributed by atoms with Crippen molar-refractivity contribution in [2.75, 3.05) is 13.1 Å². The molecular formula is C15H27ClN2O. The smallest absolute Gasteiger partial charge is 0.242 e. The summed E-state index contributed by atoms with van der Waals surface area (Å²) in [5.74, 6) is 1.82. The van der Waals surface area contributed by atoms with Gasteiger partial charge in [0.1, 0.15) is 0 Å². The van der Waals surface area contributed by atoms with Gasteiger partial charge >= 0.3 is 0 Å². The highest BCUT2D eigenvalue weighted by atomic mass is 35.5. The molecular weight excluding hydrogens is 260 g/mol. The molecule has 0 spiro atoms. The van der Waals surface area contributed by atoms with Crippen molar-refractivity contribution in [3.05, 3.63) is 0 Å². The fourth-order valence-electron chi connectivity index (χ4n) is 3.18. The Bertz CT molecular complexity index is 306. The van der Waals surface area contributed by atoms with Crippen LogP contribution in [0.25, 0.3) is 0 Å². The summed E-state index contributed by atoms with van der Waals surface area (Å²) in [6.45, 7) is 1.96. The van der Waals surface area contributed by atoms with Crippen molar-refractivity contribution in [1.29, 1.82) is 0 Å². The fourth-order valence-corrected chi connectivity index (χ4v) is 3.18. The lowest BCUT2D eigenvalue weighted by atomic mass is 9.81. The van der Waals surface area contributed by atoms with Gasteiger partial charge in [0.2, 0.25) is 5.91 Å². The SMILES string of the molecule is Cl.NC1(C(=O)N(CC2CC2)CC2CC2)CCCCC1. The lowest BCUT2D eigenvalue weighted by Crippen LogP contribution is -2.57. The van der Waals surface area contributed by atoms with Crippen LogP contribution in [0.1, 0.15) is 57.8 Å². The zero-order valence-corrected chi connectivity index (χ0v) is 12.6. The molecule has 0 radical (unpaired) electrons. The molecule has 2 N–H and O–H groups in total. The molecule has 19 heavy (non-hydrogen) atoms. The van der Waals surface area contributed by atoms with Crippen LogP contribution in [0, 0.1) is 11.8 Å². The highest BCUT2D eigenvalue weighted by Crippen LogP contribution is 2.36. The number of halogens is 1. The number of carbonyl (C=O) groups excluding carboxylic acids is 1. The molecule has 0 saturated heterocycles. The number of hydrogen-bond acceptors (Lipinski definition) is 2. The normalized spacial score (nSPS) is 25.5. The van der Waals surface area contributed by atoms with E-state index >= 15 is 0 Å². The molecule has 3 aliphatic carbocycles. The molecule has 0 atom stereocenters. The number of nitrogens with two attached hydrogens (primary N) is 1. The Morgan fingerprint density at radius 3 is 1.89 bits per heavy atom. The van der Waals surface area contributed by atoms with Crippen LogP contribution in [-0.2, 0) is 4.79 Å². The van der Waals surface area contributed by atoms with E-state index < -0.39 is 5.54 Å². The van der Waals surface area contributed by atoms with Gasteiger partial charge in [-0.1, -0.05) is 19.3 Å². The van der Waals surface area contributed by atoms with E-state index in [2.05, 4.69) is 4.90 Å². The number of rotatable bonds is 5. The third kappa shape index (κ3) is 3.85. The van der Waals surface area contributed by atoms with E-state index in [1.807, 2.05) is 0 Å². The monoisotopic (exact) mass is 286 g/mol. The summed E-state index contributed by atoms with van der Waals surface area (Å²) in [6, 6.07) is 0. The third-order valence-electron chi connectivity index (χ3n) is 4.81. The van der Waals surface area contributed by atoms with Crippen LogP contribution in [0.3, 0.4) is 0 Å². The van der Waals surface area contributed by atoms with Crippen molar-refractivity contribution in [2.45, 2.75) is 63.3 Å². The van der Waals surface area contributed by atoms with Gasteiger partial charge in [0.25, 0.3) is 0 Å². The highest BCUT2D eigenvalue weighted by molar-refractivity contribution is 5.86. The van der Waals surface area contributed by atoms with Crippen LogP contribution in [0.5, 0.6) is 0 Å². The molecule has 3 fully saturated rings. The third-order valence-corrected chi connectivity index (χ3v) is 4.81. The van der Waals surface area contributed by atoms with Crippen molar-refractivity contribution in [3.63, 3.8) is 0 Å². The van der Waals surface area contributed by atoms with E-state index in [-0.39, 0.29) is 18.3 Å². The lowest BCUT2D eigenvalue weighted by molar-refractivity contribution is -0.138. The molecule has 3 nitrogen and oxygen atoms in total. The summed E-state index contributed by atoms with van der Waals surface area (Å²) in [4.78, 5) is 14.9. The van der Waals surface area contributed by atoms with Crippen LogP contribution in [0.4, 0.5) is 0 Å². The first kappa shape index (κ1) is 15.1. The van der Waals surface area contributed by atoms with E-state index in [4.69, 9.17) is 5.73 Å². The Kier molecular flexibility index (Phi) is 4.78.